The van der Waals surface area contributed by atoms with Crippen molar-refractivity contribution in [2.24, 2.45) is 11.7 Å². The third-order valence-electron chi connectivity index (χ3n) is 4.96. The molecule has 7 nitrogen and oxygen atoms in total. The van der Waals surface area contributed by atoms with Gasteiger partial charge in [0.1, 0.15) is 0 Å². The van der Waals surface area contributed by atoms with Crippen molar-refractivity contribution >= 4 is 11.6 Å². The molecule has 2 aliphatic rings. The molecule has 2 aromatic rings. The average Bonchev–Trinajstić information content (AvgIpc) is 3.16. The van der Waals surface area contributed by atoms with E-state index < -0.39 is 0 Å². The van der Waals surface area contributed by atoms with Gasteiger partial charge in [-0.05, 0) is 54.2 Å². The van der Waals surface area contributed by atoms with Crippen LogP contribution in [0.4, 0.5) is 5.69 Å². The van der Waals surface area contributed by atoms with E-state index in [2.05, 4.69) is 20.8 Å². The number of hydrogen-bond donors (Lipinski definition) is 2. The molecule has 2 aliphatic carbocycles. The normalized spacial score (nSPS) is 23.4. The summed E-state index contributed by atoms with van der Waals surface area (Å²) in [4.78, 5) is 12.3. The van der Waals surface area contributed by atoms with Crippen LogP contribution >= 0.6 is 0 Å². The van der Waals surface area contributed by atoms with E-state index in [1.165, 1.54) is 0 Å². The highest BCUT2D eigenvalue weighted by Crippen LogP contribution is 2.36. The van der Waals surface area contributed by atoms with Gasteiger partial charge in [0.2, 0.25) is 5.91 Å². The summed E-state index contributed by atoms with van der Waals surface area (Å²) in [6, 6.07) is 8.27. The van der Waals surface area contributed by atoms with Gasteiger partial charge in [0.25, 0.3) is 0 Å². The van der Waals surface area contributed by atoms with E-state index in [0.29, 0.717) is 18.4 Å². The molecule has 1 aromatic heterocycles. The van der Waals surface area contributed by atoms with Crippen molar-refractivity contribution in [2.45, 2.75) is 50.6 Å². The van der Waals surface area contributed by atoms with Crippen LogP contribution in [-0.4, -0.2) is 32.2 Å². The molecule has 0 spiro atoms. The summed E-state index contributed by atoms with van der Waals surface area (Å²) in [5.74, 6) is 1.08. The maximum absolute atomic E-state index is 12.3. The van der Waals surface area contributed by atoms with Crippen molar-refractivity contribution in [3.8, 4) is 11.4 Å². The molecule has 126 valence electrons. The zero-order valence-corrected chi connectivity index (χ0v) is 13.6. The summed E-state index contributed by atoms with van der Waals surface area (Å²) < 4.78 is 1.87. The highest BCUT2D eigenvalue weighted by atomic mass is 16.1. The zero-order chi connectivity index (χ0) is 16.5. The van der Waals surface area contributed by atoms with Gasteiger partial charge in [-0.15, -0.1) is 5.10 Å². The van der Waals surface area contributed by atoms with Gasteiger partial charge in [-0.1, -0.05) is 18.6 Å². The number of nitrogens with two attached hydrogens (primary N) is 1. The number of benzene rings is 1. The van der Waals surface area contributed by atoms with Crippen LogP contribution < -0.4 is 11.1 Å². The summed E-state index contributed by atoms with van der Waals surface area (Å²) >= 11 is 0. The Morgan fingerprint density at radius 3 is 2.92 bits per heavy atom. The molecule has 0 saturated heterocycles. The lowest BCUT2D eigenvalue weighted by Gasteiger charge is -2.15. The maximum atomic E-state index is 12.3. The molecule has 0 bridgehead atoms. The Morgan fingerprint density at radius 2 is 2.17 bits per heavy atom. The molecule has 24 heavy (non-hydrogen) atoms. The van der Waals surface area contributed by atoms with Crippen LogP contribution in [0.3, 0.4) is 0 Å². The number of rotatable bonds is 5. The Bertz CT molecular complexity index is 738. The first-order valence-corrected chi connectivity index (χ1v) is 8.64. The van der Waals surface area contributed by atoms with Gasteiger partial charge in [0.05, 0.1) is 6.04 Å². The minimum absolute atomic E-state index is 0.0243. The molecule has 2 fully saturated rings. The van der Waals surface area contributed by atoms with E-state index in [9.17, 15) is 4.79 Å². The highest BCUT2D eigenvalue weighted by Gasteiger charge is 2.28. The smallest absolute Gasteiger partial charge is 0.224 e. The lowest BCUT2D eigenvalue weighted by molar-refractivity contribution is -0.117. The van der Waals surface area contributed by atoms with E-state index in [0.717, 1.165) is 49.2 Å². The molecular weight excluding hydrogens is 304 g/mol. The van der Waals surface area contributed by atoms with E-state index in [1.54, 1.807) is 0 Å². The van der Waals surface area contributed by atoms with Crippen LogP contribution in [0.15, 0.2) is 24.3 Å². The first-order chi connectivity index (χ1) is 11.7. The van der Waals surface area contributed by atoms with Crippen molar-refractivity contribution in [3.05, 3.63) is 24.3 Å². The van der Waals surface area contributed by atoms with Crippen LogP contribution in [0, 0.1) is 5.92 Å². The Morgan fingerprint density at radius 1 is 1.29 bits per heavy atom. The number of anilines is 1. The lowest BCUT2D eigenvalue weighted by Crippen LogP contribution is -2.28. The Balaban J connectivity index is 1.46. The van der Waals surface area contributed by atoms with Crippen LogP contribution in [-0.2, 0) is 4.79 Å². The average molecular weight is 326 g/mol. The summed E-state index contributed by atoms with van der Waals surface area (Å²) in [5.41, 5.74) is 7.75. The third kappa shape index (κ3) is 3.17. The molecule has 2 saturated carbocycles. The summed E-state index contributed by atoms with van der Waals surface area (Å²) in [5, 5.41) is 15.0. The van der Waals surface area contributed by atoms with Gasteiger partial charge in [0.15, 0.2) is 5.82 Å². The molecule has 0 unspecified atom stereocenters. The van der Waals surface area contributed by atoms with Gasteiger partial charge < -0.3 is 11.1 Å². The molecular formula is C17H22N6O. The molecule has 1 heterocycles. The standard InChI is InChI=1S/C17H22N6O/c18-15-6-2-3-11(15)10-16(24)19-13-5-1-4-12(9-13)17-20-21-22-23(17)14-7-8-14/h1,4-5,9,11,14-15H,2-3,6-8,10,18H2,(H,19,24)/t11-,15+/m0/s1. The zero-order valence-electron chi connectivity index (χ0n) is 13.6. The molecule has 1 aromatic carbocycles. The largest absolute Gasteiger partial charge is 0.327 e. The van der Waals surface area contributed by atoms with Gasteiger partial charge in [-0.25, -0.2) is 4.68 Å². The van der Waals surface area contributed by atoms with E-state index in [-0.39, 0.29) is 11.9 Å². The SMILES string of the molecule is N[C@@H]1CCC[C@H]1CC(=O)Nc1cccc(-c2nnnn2C2CC2)c1. The van der Waals surface area contributed by atoms with Crippen LogP contribution in [0.25, 0.3) is 11.4 Å². The van der Waals surface area contributed by atoms with Crippen molar-refractivity contribution in [1.29, 1.82) is 0 Å². The number of hydrogen-bond acceptors (Lipinski definition) is 5. The molecule has 1 amide bonds. The topological polar surface area (TPSA) is 98.7 Å². The predicted molar refractivity (Wildman–Crippen MR) is 90.1 cm³/mol. The van der Waals surface area contributed by atoms with E-state index in [1.807, 2.05) is 28.9 Å². The van der Waals surface area contributed by atoms with Crippen molar-refractivity contribution < 1.29 is 4.79 Å². The van der Waals surface area contributed by atoms with Crippen LogP contribution in [0.5, 0.6) is 0 Å². The fourth-order valence-corrected chi connectivity index (χ4v) is 3.45. The highest BCUT2D eigenvalue weighted by molar-refractivity contribution is 5.91. The lowest BCUT2D eigenvalue weighted by atomic mass is 10.00. The fraction of sp³-hybridized carbons (Fsp3) is 0.529. The minimum Gasteiger partial charge on any atom is -0.327 e. The second kappa shape index (κ2) is 6.32. The van der Waals surface area contributed by atoms with Crippen molar-refractivity contribution in [2.75, 3.05) is 5.32 Å². The second-order valence-corrected chi connectivity index (χ2v) is 6.87. The summed E-state index contributed by atoms with van der Waals surface area (Å²) in [6.45, 7) is 0. The molecule has 3 N–H and O–H groups in total. The number of aromatic nitrogens is 4. The van der Waals surface area contributed by atoms with E-state index in [4.69, 9.17) is 5.73 Å². The molecule has 0 radical (unpaired) electrons. The van der Waals surface area contributed by atoms with Crippen molar-refractivity contribution in [3.63, 3.8) is 0 Å². The van der Waals surface area contributed by atoms with Gasteiger partial charge in [0, 0.05) is 23.7 Å². The quantitative estimate of drug-likeness (QED) is 0.877. The molecule has 0 aliphatic heterocycles. The predicted octanol–water partition coefficient (Wildman–Crippen LogP) is 2.13. The maximum Gasteiger partial charge on any atom is 0.224 e. The second-order valence-electron chi connectivity index (χ2n) is 6.87. The number of nitrogens with zero attached hydrogens (tertiary/aromatic N) is 4. The summed E-state index contributed by atoms with van der Waals surface area (Å²) in [6.07, 6.45) is 5.93. The number of carbonyl (C=O) groups excluding carboxylic acids is 1. The van der Waals surface area contributed by atoms with E-state index >= 15 is 0 Å². The molecule has 2 atom stereocenters. The Hall–Kier alpha value is -2.28. The number of nitrogens with one attached hydrogen (secondary N) is 1. The number of carbonyl (C=O) groups is 1. The molecule has 7 heteroatoms. The Labute approximate surface area is 140 Å². The first kappa shape index (κ1) is 15.3. The number of tetrazole rings is 1. The van der Waals surface area contributed by atoms with Crippen LogP contribution in [0.1, 0.15) is 44.6 Å². The van der Waals surface area contributed by atoms with Crippen LogP contribution in [0.2, 0.25) is 0 Å². The third-order valence-corrected chi connectivity index (χ3v) is 4.96. The first-order valence-electron chi connectivity index (χ1n) is 8.64. The van der Waals surface area contributed by atoms with Crippen molar-refractivity contribution in [1.82, 2.24) is 20.2 Å². The number of amides is 1. The monoisotopic (exact) mass is 326 g/mol. The molecule has 4 rings (SSSR count). The minimum atomic E-state index is 0.0243. The van der Waals surface area contributed by atoms with Gasteiger partial charge in [-0.3, -0.25) is 4.79 Å². The summed E-state index contributed by atoms with van der Waals surface area (Å²) in [7, 11) is 0. The van der Waals surface area contributed by atoms with Gasteiger partial charge in [-0.2, -0.15) is 0 Å². The fourth-order valence-electron chi connectivity index (χ4n) is 3.45. The van der Waals surface area contributed by atoms with Gasteiger partial charge >= 0.3 is 0 Å². The Kier molecular flexibility index (Phi) is 4.02.